The lowest BCUT2D eigenvalue weighted by atomic mass is 10.1. The molecular weight excluding hydrogens is 344 g/mol. The highest BCUT2D eigenvalue weighted by atomic mass is 16.5. The van der Waals surface area contributed by atoms with Crippen molar-refractivity contribution in [3.05, 3.63) is 65.9 Å². The summed E-state index contributed by atoms with van der Waals surface area (Å²) in [6.07, 6.45) is 1.91. The normalized spacial score (nSPS) is 12.2. The maximum atomic E-state index is 12.5. The van der Waals surface area contributed by atoms with E-state index in [2.05, 4.69) is 25.7 Å². The number of fused-ring (bicyclic) bond motifs is 1. The van der Waals surface area contributed by atoms with E-state index < -0.39 is 0 Å². The van der Waals surface area contributed by atoms with E-state index in [1.165, 1.54) is 0 Å². The highest BCUT2D eigenvalue weighted by molar-refractivity contribution is 5.78. The summed E-state index contributed by atoms with van der Waals surface area (Å²) in [6, 6.07) is 13.4. The molecule has 0 saturated carbocycles. The van der Waals surface area contributed by atoms with Crippen molar-refractivity contribution in [1.82, 2.24) is 30.1 Å². The molecule has 0 saturated heterocycles. The van der Waals surface area contributed by atoms with E-state index in [1.807, 2.05) is 43.3 Å². The van der Waals surface area contributed by atoms with Crippen molar-refractivity contribution in [2.24, 2.45) is 0 Å². The molecule has 0 fully saturated rings. The van der Waals surface area contributed by atoms with Gasteiger partial charge in [0, 0.05) is 6.20 Å². The Balaban J connectivity index is 1.54. The van der Waals surface area contributed by atoms with Gasteiger partial charge < -0.3 is 9.84 Å². The van der Waals surface area contributed by atoms with Gasteiger partial charge in [0.25, 0.3) is 5.89 Å². The lowest BCUT2D eigenvalue weighted by molar-refractivity contribution is -0.121. The topological polar surface area (TPSA) is 98.2 Å². The van der Waals surface area contributed by atoms with Crippen molar-refractivity contribution >= 4 is 11.6 Å². The minimum Gasteiger partial charge on any atom is -0.349 e. The molecule has 4 aromatic rings. The monoisotopic (exact) mass is 362 g/mol. The quantitative estimate of drug-likeness (QED) is 0.586. The molecular formula is C19H18N6O2. The number of aryl methyl sites for hydroxylation is 1. The zero-order chi connectivity index (χ0) is 18.8. The first-order valence-corrected chi connectivity index (χ1v) is 8.59. The summed E-state index contributed by atoms with van der Waals surface area (Å²) < 4.78 is 6.97. The molecule has 8 heteroatoms. The van der Waals surface area contributed by atoms with Gasteiger partial charge in [-0.15, -0.1) is 10.2 Å². The lowest BCUT2D eigenvalue weighted by Crippen LogP contribution is -2.28. The van der Waals surface area contributed by atoms with E-state index >= 15 is 0 Å². The first kappa shape index (κ1) is 16.9. The number of amides is 1. The molecule has 3 heterocycles. The number of benzene rings is 1. The molecule has 0 aliphatic heterocycles. The van der Waals surface area contributed by atoms with Crippen LogP contribution in [0.15, 0.2) is 53.2 Å². The van der Waals surface area contributed by atoms with E-state index in [0.717, 1.165) is 11.1 Å². The molecule has 0 bridgehead atoms. The number of pyridine rings is 1. The second kappa shape index (κ2) is 6.99. The summed E-state index contributed by atoms with van der Waals surface area (Å²) in [6.45, 7) is 3.71. The van der Waals surface area contributed by atoms with Gasteiger partial charge in [-0.25, -0.2) is 0 Å². The van der Waals surface area contributed by atoms with Gasteiger partial charge >= 0.3 is 0 Å². The number of hydrogen-bond donors (Lipinski definition) is 1. The largest absolute Gasteiger partial charge is 0.349 e. The highest BCUT2D eigenvalue weighted by Crippen LogP contribution is 2.18. The molecule has 27 heavy (non-hydrogen) atoms. The maximum Gasteiger partial charge on any atom is 0.259 e. The standard InChI is InChI=1S/C19H18N6O2/c1-12(14-6-4-3-5-7-14)20-18(26)10-17-23-22-16-9-8-15(11-25(16)17)19-21-13(2)24-27-19/h3-9,11-12H,10H2,1-2H3,(H,20,26). The minimum absolute atomic E-state index is 0.0881. The fraction of sp³-hybridized carbons (Fsp3) is 0.211. The third-order valence-electron chi connectivity index (χ3n) is 4.24. The Labute approximate surface area is 155 Å². The number of carbonyl (C=O) groups excluding carboxylic acids is 1. The van der Waals surface area contributed by atoms with Gasteiger partial charge in [-0.1, -0.05) is 35.5 Å². The van der Waals surface area contributed by atoms with Crippen LogP contribution >= 0.6 is 0 Å². The summed E-state index contributed by atoms with van der Waals surface area (Å²) in [5.74, 6) is 1.39. The van der Waals surface area contributed by atoms with Crippen LogP contribution in [0.4, 0.5) is 0 Å². The van der Waals surface area contributed by atoms with Crippen LogP contribution in [0.25, 0.3) is 17.1 Å². The molecule has 1 amide bonds. The van der Waals surface area contributed by atoms with Gasteiger partial charge in [-0.2, -0.15) is 4.98 Å². The smallest absolute Gasteiger partial charge is 0.259 e. The summed E-state index contributed by atoms with van der Waals surface area (Å²) in [7, 11) is 0. The maximum absolute atomic E-state index is 12.5. The van der Waals surface area contributed by atoms with E-state index in [4.69, 9.17) is 4.52 Å². The number of carbonyl (C=O) groups is 1. The first-order valence-electron chi connectivity index (χ1n) is 8.59. The molecule has 1 atom stereocenters. The van der Waals surface area contributed by atoms with Crippen molar-refractivity contribution < 1.29 is 9.32 Å². The van der Waals surface area contributed by atoms with Crippen LogP contribution < -0.4 is 5.32 Å². The lowest BCUT2D eigenvalue weighted by Gasteiger charge is -2.13. The van der Waals surface area contributed by atoms with Crippen molar-refractivity contribution in [1.29, 1.82) is 0 Å². The SMILES string of the molecule is Cc1noc(-c2ccc3nnc(CC(=O)NC(C)c4ccccc4)n3c2)n1. The Bertz CT molecular complexity index is 1090. The number of aromatic nitrogens is 5. The molecule has 0 aliphatic rings. The Hall–Kier alpha value is -3.55. The summed E-state index contributed by atoms with van der Waals surface area (Å²) in [4.78, 5) is 16.7. The second-order valence-electron chi connectivity index (χ2n) is 6.29. The number of nitrogens with zero attached hydrogens (tertiary/aromatic N) is 5. The van der Waals surface area contributed by atoms with E-state index in [1.54, 1.807) is 23.6 Å². The third kappa shape index (κ3) is 3.55. The average Bonchev–Trinajstić information content (AvgIpc) is 3.28. The fourth-order valence-electron chi connectivity index (χ4n) is 2.86. The molecule has 1 aromatic carbocycles. The Morgan fingerprint density at radius 2 is 2.00 bits per heavy atom. The molecule has 3 aromatic heterocycles. The van der Waals surface area contributed by atoms with Gasteiger partial charge in [0.05, 0.1) is 18.0 Å². The molecule has 1 unspecified atom stereocenters. The summed E-state index contributed by atoms with van der Waals surface area (Å²) in [5, 5.41) is 15.0. The van der Waals surface area contributed by atoms with Gasteiger partial charge in [-0.3, -0.25) is 9.20 Å². The van der Waals surface area contributed by atoms with E-state index in [-0.39, 0.29) is 18.4 Å². The van der Waals surface area contributed by atoms with Gasteiger partial charge in [0.1, 0.15) is 5.82 Å². The van der Waals surface area contributed by atoms with Crippen LogP contribution in [0.3, 0.4) is 0 Å². The number of hydrogen-bond acceptors (Lipinski definition) is 6. The fourth-order valence-corrected chi connectivity index (χ4v) is 2.86. The van der Waals surface area contributed by atoms with Crippen LogP contribution in [0.1, 0.15) is 30.2 Å². The van der Waals surface area contributed by atoms with Crippen LogP contribution in [0.2, 0.25) is 0 Å². The molecule has 1 N–H and O–H groups in total. The second-order valence-corrected chi connectivity index (χ2v) is 6.29. The number of rotatable bonds is 5. The predicted octanol–water partition coefficient (Wildman–Crippen LogP) is 2.51. The van der Waals surface area contributed by atoms with Crippen molar-refractivity contribution in [3.63, 3.8) is 0 Å². The van der Waals surface area contributed by atoms with Gasteiger partial charge in [0.15, 0.2) is 11.5 Å². The van der Waals surface area contributed by atoms with E-state index in [9.17, 15) is 4.79 Å². The van der Waals surface area contributed by atoms with Crippen molar-refractivity contribution in [3.8, 4) is 11.5 Å². The van der Waals surface area contributed by atoms with Crippen LogP contribution in [0.5, 0.6) is 0 Å². The highest BCUT2D eigenvalue weighted by Gasteiger charge is 2.15. The molecule has 0 aliphatic carbocycles. The van der Waals surface area contributed by atoms with Gasteiger partial charge in [0.2, 0.25) is 5.91 Å². The Morgan fingerprint density at radius 1 is 1.19 bits per heavy atom. The van der Waals surface area contributed by atoms with Crippen LogP contribution in [0, 0.1) is 6.92 Å². The predicted molar refractivity (Wildman–Crippen MR) is 97.7 cm³/mol. The molecule has 136 valence electrons. The molecule has 0 radical (unpaired) electrons. The molecule has 8 nitrogen and oxygen atoms in total. The minimum atomic E-state index is -0.125. The van der Waals surface area contributed by atoms with Gasteiger partial charge in [-0.05, 0) is 31.5 Å². The summed E-state index contributed by atoms with van der Waals surface area (Å²) >= 11 is 0. The van der Waals surface area contributed by atoms with Crippen molar-refractivity contribution in [2.45, 2.75) is 26.3 Å². The molecule has 4 rings (SSSR count). The zero-order valence-corrected chi connectivity index (χ0v) is 15.0. The van der Waals surface area contributed by atoms with Crippen LogP contribution in [-0.2, 0) is 11.2 Å². The number of nitrogens with one attached hydrogen (secondary N) is 1. The average molecular weight is 362 g/mol. The van der Waals surface area contributed by atoms with E-state index in [0.29, 0.717) is 23.2 Å². The third-order valence-corrected chi connectivity index (χ3v) is 4.24. The molecule has 0 spiro atoms. The Kier molecular flexibility index (Phi) is 4.37. The van der Waals surface area contributed by atoms with Crippen molar-refractivity contribution in [2.75, 3.05) is 0 Å². The first-order chi connectivity index (χ1) is 13.1. The van der Waals surface area contributed by atoms with Crippen LogP contribution in [-0.4, -0.2) is 30.6 Å². The summed E-state index contributed by atoms with van der Waals surface area (Å²) in [5.41, 5.74) is 2.43. The zero-order valence-electron chi connectivity index (χ0n) is 15.0. The Morgan fingerprint density at radius 3 is 2.74 bits per heavy atom.